The van der Waals surface area contributed by atoms with Crippen LogP contribution in [0, 0.1) is 11.6 Å². The van der Waals surface area contributed by atoms with E-state index in [9.17, 15) is 18.0 Å². The summed E-state index contributed by atoms with van der Waals surface area (Å²) in [7, 11) is 0. The van der Waals surface area contributed by atoms with Crippen molar-refractivity contribution in [2.75, 3.05) is 6.54 Å². The summed E-state index contributed by atoms with van der Waals surface area (Å²) in [6, 6.07) is 11.4. The summed E-state index contributed by atoms with van der Waals surface area (Å²) in [6.07, 6.45) is 1.73. The second kappa shape index (κ2) is 8.98. The summed E-state index contributed by atoms with van der Waals surface area (Å²) < 4.78 is 47.0. The lowest BCUT2D eigenvalue weighted by molar-refractivity contribution is 0.0938. The number of rotatable bonds is 7. The first kappa shape index (κ1) is 21.2. The first-order chi connectivity index (χ1) is 14.9. The minimum atomic E-state index is -1.86. The van der Waals surface area contributed by atoms with Crippen molar-refractivity contribution in [2.24, 2.45) is 0 Å². The molecule has 0 spiro atoms. The Bertz CT molecular complexity index is 1120. The molecule has 4 rings (SSSR count). The van der Waals surface area contributed by atoms with Crippen LogP contribution in [0.15, 0.2) is 54.7 Å². The second-order valence-electron chi connectivity index (χ2n) is 7.30. The minimum Gasteiger partial charge on any atom is -0.455 e. The molecular formula is C23H18ClF3N2O2. The summed E-state index contributed by atoms with van der Waals surface area (Å²) in [4.78, 5) is 16.6. The maximum absolute atomic E-state index is 14.4. The van der Waals surface area contributed by atoms with Gasteiger partial charge in [0, 0.05) is 11.6 Å². The highest BCUT2D eigenvalue weighted by molar-refractivity contribution is 6.29. The summed E-state index contributed by atoms with van der Waals surface area (Å²) in [5, 5.41) is 2.45. The summed E-state index contributed by atoms with van der Waals surface area (Å²) >= 11 is 5.93. The van der Waals surface area contributed by atoms with Gasteiger partial charge >= 0.3 is 0 Å². The monoisotopic (exact) mass is 446 g/mol. The molecule has 0 radical (unpaired) electrons. The van der Waals surface area contributed by atoms with Crippen molar-refractivity contribution in [1.29, 1.82) is 0 Å². The number of carbonyl (C=O) groups excluding carboxylic acids is 1. The molecule has 1 saturated carbocycles. The Labute approximate surface area is 182 Å². The van der Waals surface area contributed by atoms with Gasteiger partial charge in [0.05, 0.1) is 18.3 Å². The van der Waals surface area contributed by atoms with Gasteiger partial charge in [-0.2, -0.15) is 0 Å². The van der Waals surface area contributed by atoms with Crippen LogP contribution in [-0.4, -0.2) is 17.4 Å². The predicted molar refractivity (Wildman–Crippen MR) is 110 cm³/mol. The molecule has 1 aliphatic carbocycles. The molecule has 1 aliphatic rings. The number of benzene rings is 2. The molecular weight excluding hydrogens is 429 g/mol. The topological polar surface area (TPSA) is 51.2 Å². The second-order valence-corrected chi connectivity index (χ2v) is 7.68. The molecule has 1 unspecified atom stereocenters. The number of amides is 1. The lowest BCUT2D eigenvalue weighted by Crippen LogP contribution is -2.28. The number of nitrogens with one attached hydrogen (secondary N) is 1. The van der Waals surface area contributed by atoms with Crippen molar-refractivity contribution in [2.45, 2.75) is 24.9 Å². The average molecular weight is 447 g/mol. The van der Waals surface area contributed by atoms with Gasteiger partial charge in [-0.15, -0.1) is 0 Å². The quantitative estimate of drug-likeness (QED) is 0.444. The third-order valence-corrected chi connectivity index (χ3v) is 5.16. The van der Waals surface area contributed by atoms with Gasteiger partial charge in [-0.1, -0.05) is 29.8 Å². The molecule has 1 N–H and O–H groups in total. The zero-order valence-electron chi connectivity index (χ0n) is 16.2. The molecule has 0 aliphatic heterocycles. The van der Waals surface area contributed by atoms with Crippen molar-refractivity contribution >= 4 is 17.5 Å². The maximum Gasteiger partial charge on any atom is 0.255 e. The summed E-state index contributed by atoms with van der Waals surface area (Å²) in [6.45, 7) is -0.516. The van der Waals surface area contributed by atoms with Gasteiger partial charge in [0.25, 0.3) is 5.91 Å². The Hall–Kier alpha value is -3.06. The van der Waals surface area contributed by atoms with Crippen LogP contribution >= 0.6 is 11.6 Å². The number of hydrogen-bond acceptors (Lipinski definition) is 3. The highest BCUT2D eigenvalue weighted by atomic mass is 35.5. The standard InChI is InChI=1S/C23H18ClF3N2O2/c24-22-10-18(23(30)29-11-20(27)17-7-6-15(25)9-19(17)26)21(12-28-22)31-16-3-1-2-14(8-16)13-4-5-13/h1-3,6-10,12-13,20H,4-5,11H2,(H,29,30). The number of aromatic nitrogens is 1. The zero-order valence-corrected chi connectivity index (χ0v) is 17.0. The Morgan fingerprint density at radius 1 is 1.19 bits per heavy atom. The molecule has 1 atom stereocenters. The molecule has 160 valence electrons. The first-order valence-electron chi connectivity index (χ1n) is 9.71. The molecule has 4 nitrogen and oxygen atoms in total. The van der Waals surface area contributed by atoms with E-state index in [-0.39, 0.29) is 22.0 Å². The van der Waals surface area contributed by atoms with Crippen molar-refractivity contribution in [3.63, 3.8) is 0 Å². The molecule has 1 fully saturated rings. The molecule has 3 aromatic rings. The van der Waals surface area contributed by atoms with E-state index < -0.39 is 30.3 Å². The third-order valence-electron chi connectivity index (χ3n) is 4.96. The molecule has 1 amide bonds. The maximum atomic E-state index is 14.4. The number of ether oxygens (including phenoxy) is 1. The lowest BCUT2D eigenvalue weighted by atomic mass is 10.1. The van der Waals surface area contributed by atoms with E-state index in [2.05, 4.69) is 10.3 Å². The van der Waals surface area contributed by atoms with E-state index in [1.54, 1.807) is 6.07 Å². The normalized spacial score (nSPS) is 14.2. The van der Waals surface area contributed by atoms with Gasteiger partial charge in [0.2, 0.25) is 0 Å². The molecule has 31 heavy (non-hydrogen) atoms. The average Bonchev–Trinajstić information content (AvgIpc) is 3.59. The largest absolute Gasteiger partial charge is 0.455 e. The van der Waals surface area contributed by atoms with E-state index in [0.717, 1.165) is 30.5 Å². The van der Waals surface area contributed by atoms with Gasteiger partial charge in [-0.3, -0.25) is 4.79 Å². The van der Waals surface area contributed by atoms with Crippen LogP contribution < -0.4 is 10.1 Å². The summed E-state index contributed by atoms with van der Waals surface area (Å²) in [5.74, 6) is -1.27. The summed E-state index contributed by atoms with van der Waals surface area (Å²) in [5.41, 5.74) is 0.874. The van der Waals surface area contributed by atoms with Gasteiger partial charge < -0.3 is 10.1 Å². The molecule has 1 aromatic heterocycles. The zero-order chi connectivity index (χ0) is 22.0. The molecule has 2 aromatic carbocycles. The smallest absolute Gasteiger partial charge is 0.255 e. The molecule has 1 heterocycles. The van der Waals surface area contributed by atoms with Crippen LogP contribution in [-0.2, 0) is 0 Å². The van der Waals surface area contributed by atoms with Crippen molar-refractivity contribution in [3.05, 3.63) is 88.2 Å². The number of pyridine rings is 1. The van der Waals surface area contributed by atoms with E-state index in [4.69, 9.17) is 16.3 Å². The van der Waals surface area contributed by atoms with Gasteiger partial charge in [0.15, 0.2) is 5.75 Å². The number of hydrogen-bond donors (Lipinski definition) is 1. The number of carbonyl (C=O) groups is 1. The van der Waals surface area contributed by atoms with E-state index >= 15 is 0 Å². The Balaban J connectivity index is 1.48. The Morgan fingerprint density at radius 3 is 2.74 bits per heavy atom. The van der Waals surface area contributed by atoms with Crippen molar-refractivity contribution in [3.8, 4) is 11.5 Å². The highest BCUT2D eigenvalue weighted by Crippen LogP contribution is 2.41. The predicted octanol–water partition coefficient (Wildman–Crippen LogP) is 6.12. The first-order valence-corrected chi connectivity index (χ1v) is 10.1. The Kier molecular flexibility index (Phi) is 6.13. The van der Waals surface area contributed by atoms with Crippen LogP contribution in [0.4, 0.5) is 13.2 Å². The van der Waals surface area contributed by atoms with Crippen LogP contribution in [0.5, 0.6) is 11.5 Å². The fourth-order valence-electron chi connectivity index (χ4n) is 3.19. The van der Waals surface area contributed by atoms with Crippen LogP contribution in [0.25, 0.3) is 0 Å². The van der Waals surface area contributed by atoms with E-state index in [1.807, 2.05) is 18.2 Å². The van der Waals surface area contributed by atoms with Crippen LogP contribution in [0.2, 0.25) is 5.15 Å². The van der Waals surface area contributed by atoms with E-state index in [1.165, 1.54) is 12.3 Å². The number of alkyl halides is 1. The van der Waals surface area contributed by atoms with E-state index in [0.29, 0.717) is 17.7 Å². The van der Waals surface area contributed by atoms with Gasteiger partial charge in [-0.05, 0) is 48.6 Å². The van der Waals surface area contributed by atoms with Crippen LogP contribution in [0.3, 0.4) is 0 Å². The molecule has 8 heteroatoms. The minimum absolute atomic E-state index is 0.0589. The number of halogens is 4. The third kappa shape index (κ3) is 5.17. The fourth-order valence-corrected chi connectivity index (χ4v) is 3.35. The van der Waals surface area contributed by atoms with Gasteiger partial charge in [0.1, 0.15) is 28.7 Å². The highest BCUT2D eigenvalue weighted by Gasteiger charge is 2.24. The van der Waals surface area contributed by atoms with Crippen LogP contribution in [0.1, 0.15) is 46.4 Å². The fraction of sp³-hybridized carbons (Fsp3) is 0.217. The number of nitrogens with zero attached hydrogens (tertiary/aromatic N) is 1. The molecule has 0 saturated heterocycles. The lowest BCUT2D eigenvalue weighted by Gasteiger charge is -2.14. The molecule has 0 bridgehead atoms. The van der Waals surface area contributed by atoms with Gasteiger partial charge in [-0.25, -0.2) is 18.2 Å². The van der Waals surface area contributed by atoms with Crippen molar-refractivity contribution < 1.29 is 22.7 Å². The van der Waals surface area contributed by atoms with Crippen molar-refractivity contribution in [1.82, 2.24) is 10.3 Å². The Morgan fingerprint density at radius 2 is 2.00 bits per heavy atom. The SMILES string of the molecule is O=C(NCC(F)c1ccc(F)cc1F)c1cc(Cl)ncc1Oc1cccc(C2CC2)c1.